The van der Waals surface area contributed by atoms with Crippen LogP contribution in [0.2, 0.25) is 0 Å². The van der Waals surface area contributed by atoms with Crippen LogP contribution in [0.15, 0.2) is 52.9 Å². The molecule has 4 N–H and O–H groups in total. The van der Waals surface area contributed by atoms with Gasteiger partial charge in [-0.2, -0.15) is 13.2 Å². The molecule has 0 bridgehead atoms. The van der Waals surface area contributed by atoms with Crippen molar-refractivity contribution in [3.8, 4) is 17.2 Å². The quantitative estimate of drug-likeness (QED) is 0.306. The predicted molar refractivity (Wildman–Crippen MR) is 141 cm³/mol. The number of β-amino-alcohol motifs (C(OH)–C–C–N with tert-alkyl or cyclic N) is 1. The summed E-state index contributed by atoms with van der Waals surface area (Å²) < 4.78 is 51.0. The third kappa shape index (κ3) is 5.58. The van der Waals surface area contributed by atoms with Crippen LogP contribution in [-0.4, -0.2) is 58.1 Å². The first-order valence-corrected chi connectivity index (χ1v) is 12.6. The third-order valence-corrected chi connectivity index (χ3v) is 6.62. The Morgan fingerprint density at radius 2 is 1.95 bits per heavy atom. The average Bonchev–Trinajstić information content (AvgIpc) is 3.38. The number of nitrogens with one attached hydrogen (secondary N) is 1. The van der Waals surface area contributed by atoms with Crippen molar-refractivity contribution >= 4 is 22.7 Å². The molecule has 1 atom stereocenters. The molecular formula is C28H26F3N5O5. The number of likely N-dealkylation sites (tertiary alicyclic amines) is 1. The smallest absolute Gasteiger partial charge is 0.433 e. The average molecular weight is 570 g/mol. The number of pyridine rings is 1. The van der Waals surface area contributed by atoms with Crippen molar-refractivity contribution in [1.82, 2.24) is 20.2 Å². The Labute approximate surface area is 231 Å². The van der Waals surface area contributed by atoms with Crippen molar-refractivity contribution < 1.29 is 37.0 Å². The van der Waals surface area contributed by atoms with E-state index < -0.39 is 29.9 Å². The minimum atomic E-state index is -4.66. The number of oxazole rings is 1. The van der Waals surface area contributed by atoms with Crippen LogP contribution >= 0.6 is 0 Å². The van der Waals surface area contributed by atoms with Crippen molar-refractivity contribution in [2.75, 3.05) is 20.2 Å². The number of methoxy groups -OCH3 is 1. The molecule has 2 aromatic carbocycles. The zero-order valence-electron chi connectivity index (χ0n) is 22.0. The Morgan fingerprint density at radius 3 is 2.61 bits per heavy atom. The second kappa shape index (κ2) is 10.8. The maximum absolute atomic E-state index is 13.3. The van der Waals surface area contributed by atoms with E-state index in [0.717, 1.165) is 6.07 Å². The second-order valence-electron chi connectivity index (χ2n) is 9.67. The van der Waals surface area contributed by atoms with Gasteiger partial charge in [0.1, 0.15) is 17.0 Å². The lowest BCUT2D eigenvalue weighted by Gasteiger charge is -2.35. The van der Waals surface area contributed by atoms with Crippen molar-refractivity contribution in [3.63, 3.8) is 0 Å². The van der Waals surface area contributed by atoms with E-state index in [4.69, 9.17) is 14.9 Å². The number of carbonyl (C=O) groups excluding carboxylic acids is 2. The number of nitrogens with two attached hydrogens (primary N) is 1. The molecule has 0 unspecified atom stereocenters. The van der Waals surface area contributed by atoms with Crippen LogP contribution in [-0.2, 0) is 12.7 Å². The largest absolute Gasteiger partial charge is 0.494 e. The van der Waals surface area contributed by atoms with Gasteiger partial charge in [0.15, 0.2) is 11.5 Å². The zero-order chi connectivity index (χ0) is 29.5. The number of rotatable bonds is 7. The number of aliphatic hydroxyl groups excluding tert-OH is 1. The first kappa shape index (κ1) is 28.1. The summed E-state index contributed by atoms with van der Waals surface area (Å²) in [5.74, 6) is -0.627. The highest BCUT2D eigenvalue weighted by Crippen LogP contribution is 2.37. The number of nitrogens with zero attached hydrogens (tertiary/aromatic N) is 3. The number of amides is 2. The van der Waals surface area contributed by atoms with Gasteiger partial charge in [-0.1, -0.05) is 12.1 Å². The van der Waals surface area contributed by atoms with Gasteiger partial charge in [0.2, 0.25) is 5.89 Å². The van der Waals surface area contributed by atoms with Crippen LogP contribution in [0.1, 0.15) is 50.8 Å². The fourth-order valence-corrected chi connectivity index (χ4v) is 4.50. The second-order valence-corrected chi connectivity index (χ2v) is 9.67. The van der Waals surface area contributed by atoms with Crippen LogP contribution in [0.5, 0.6) is 5.75 Å². The molecule has 10 nitrogen and oxygen atoms in total. The van der Waals surface area contributed by atoms with E-state index >= 15 is 0 Å². The molecule has 2 aromatic heterocycles. The van der Waals surface area contributed by atoms with Gasteiger partial charge in [-0.05, 0) is 48.9 Å². The van der Waals surface area contributed by atoms with E-state index in [1.54, 1.807) is 37.3 Å². The molecule has 0 saturated carbocycles. The molecular weight excluding hydrogens is 543 g/mol. The Morgan fingerprint density at radius 1 is 1.20 bits per heavy atom. The number of alkyl halides is 3. The van der Waals surface area contributed by atoms with E-state index in [2.05, 4.69) is 15.3 Å². The summed E-state index contributed by atoms with van der Waals surface area (Å²) in [6, 6.07) is 11.1. The van der Waals surface area contributed by atoms with Crippen molar-refractivity contribution in [2.45, 2.75) is 31.8 Å². The molecule has 41 heavy (non-hydrogen) atoms. The highest BCUT2D eigenvalue weighted by molar-refractivity contribution is 5.98. The fourth-order valence-electron chi connectivity index (χ4n) is 4.50. The molecule has 0 spiro atoms. The van der Waals surface area contributed by atoms with Gasteiger partial charge in [0.05, 0.1) is 19.3 Å². The first-order chi connectivity index (χ1) is 19.5. The minimum absolute atomic E-state index is 0.0269. The lowest BCUT2D eigenvalue weighted by atomic mass is 10.1. The summed E-state index contributed by atoms with van der Waals surface area (Å²) in [7, 11) is 1.32. The number of halogens is 3. The highest BCUT2D eigenvalue weighted by Gasteiger charge is 2.33. The predicted octanol–water partition coefficient (Wildman–Crippen LogP) is 3.68. The fraction of sp³-hybridized carbons (Fsp3) is 0.286. The molecule has 3 heterocycles. The Kier molecular flexibility index (Phi) is 7.41. The molecule has 1 fully saturated rings. The van der Waals surface area contributed by atoms with E-state index in [1.807, 2.05) is 0 Å². The molecule has 1 aliphatic heterocycles. The summed E-state index contributed by atoms with van der Waals surface area (Å²) in [6.45, 7) is 2.22. The van der Waals surface area contributed by atoms with Crippen LogP contribution in [0.4, 0.5) is 13.2 Å². The Bertz CT molecular complexity index is 1630. The lowest BCUT2D eigenvalue weighted by Crippen LogP contribution is -2.53. The molecule has 5 rings (SSSR count). The summed E-state index contributed by atoms with van der Waals surface area (Å²) in [5.41, 5.74) is 6.22. The van der Waals surface area contributed by atoms with E-state index in [-0.39, 0.29) is 59.5 Å². The number of aromatic nitrogens is 2. The summed E-state index contributed by atoms with van der Waals surface area (Å²) in [6.07, 6.45) is -5.17. The molecule has 1 saturated heterocycles. The summed E-state index contributed by atoms with van der Waals surface area (Å²) >= 11 is 0. The SMILES string of the molecule is COc1ccc(-c2nc(C(=O)NCc3cccc(C(=O)N4CC(O)C4)c3)c([C@H](C)N)o2)c2ccc(C(F)(F)F)nc12. The number of benzene rings is 2. The van der Waals surface area contributed by atoms with Gasteiger partial charge >= 0.3 is 6.18 Å². The number of ether oxygens (including phenoxy) is 1. The zero-order valence-corrected chi connectivity index (χ0v) is 22.0. The standard InChI is InChI=1S/C28H26F3N5O5/c1-14(32)24-23(25(38)33-11-15-4-3-5-16(10-15)27(39)36-12-17(37)13-36)35-26(41-24)19-6-8-20(40-2)22-18(19)7-9-21(34-22)28(29,30)31/h3-10,14,17,37H,11-13,32H2,1-2H3,(H,33,38)/t14-/m0/s1. The van der Waals surface area contributed by atoms with E-state index in [9.17, 15) is 27.9 Å². The van der Waals surface area contributed by atoms with Crippen LogP contribution < -0.4 is 15.8 Å². The highest BCUT2D eigenvalue weighted by atomic mass is 19.4. The molecule has 13 heteroatoms. The number of hydrogen-bond donors (Lipinski definition) is 3. The molecule has 4 aromatic rings. The summed E-state index contributed by atoms with van der Waals surface area (Å²) in [4.78, 5) is 35.4. The number of carbonyl (C=O) groups is 2. The topological polar surface area (TPSA) is 144 Å². The van der Waals surface area contributed by atoms with Crippen LogP contribution in [0.25, 0.3) is 22.4 Å². The molecule has 2 amide bonds. The van der Waals surface area contributed by atoms with Gasteiger partial charge < -0.3 is 30.2 Å². The van der Waals surface area contributed by atoms with Gasteiger partial charge in [-0.25, -0.2) is 9.97 Å². The van der Waals surface area contributed by atoms with Gasteiger partial charge in [-0.3, -0.25) is 9.59 Å². The number of hydrogen-bond acceptors (Lipinski definition) is 8. The maximum atomic E-state index is 13.3. The molecule has 1 aliphatic rings. The van der Waals surface area contributed by atoms with Gasteiger partial charge in [-0.15, -0.1) is 0 Å². The Hall–Kier alpha value is -4.49. The number of fused-ring (bicyclic) bond motifs is 1. The number of aliphatic hydroxyl groups is 1. The monoisotopic (exact) mass is 569 g/mol. The molecule has 214 valence electrons. The summed E-state index contributed by atoms with van der Waals surface area (Å²) in [5, 5.41) is 12.5. The van der Waals surface area contributed by atoms with Crippen molar-refractivity contribution in [1.29, 1.82) is 0 Å². The van der Waals surface area contributed by atoms with E-state index in [1.165, 1.54) is 24.1 Å². The third-order valence-electron chi connectivity index (χ3n) is 6.62. The molecule has 0 radical (unpaired) electrons. The minimum Gasteiger partial charge on any atom is -0.494 e. The maximum Gasteiger partial charge on any atom is 0.433 e. The van der Waals surface area contributed by atoms with Crippen molar-refractivity contribution in [2.24, 2.45) is 5.73 Å². The lowest BCUT2D eigenvalue weighted by molar-refractivity contribution is -0.140. The van der Waals surface area contributed by atoms with Gasteiger partial charge in [0, 0.05) is 36.1 Å². The Balaban J connectivity index is 1.42. The van der Waals surface area contributed by atoms with Gasteiger partial charge in [0.25, 0.3) is 11.8 Å². The first-order valence-electron chi connectivity index (χ1n) is 12.6. The van der Waals surface area contributed by atoms with Crippen LogP contribution in [0.3, 0.4) is 0 Å². The van der Waals surface area contributed by atoms with Crippen molar-refractivity contribution in [3.05, 3.63) is 76.8 Å². The van der Waals surface area contributed by atoms with Crippen LogP contribution in [0, 0.1) is 0 Å². The normalized spacial score (nSPS) is 14.6. The van der Waals surface area contributed by atoms with E-state index in [0.29, 0.717) is 16.7 Å². The molecule has 0 aliphatic carbocycles.